The number of hydrogen-bond acceptors (Lipinski definition) is 0. The van der Waals surface area contributed by atoms with Gasteiger partial charge in [0.1, 0.15) is 0 Å². The summed E-state index contributed by atoms with van der Waals surface area (Å²) in [5.41, 5.74) is 7.49. The second-order valence-electron chi connectivity index (χ2n) is 8.03. The van der Waals surface area contributed by atoms with Crippen molar-refractivity contribution in [1.82, 2.24) is 0 Å². The van der Waals surface area contributed by atoms with Crippen molar-refractivity contribution in [3.8, 4) is 24.7 Å². The molecule has 2 unspecified atom stereocenters. The molecular weight excluding hydrogens is 364 g/mol. The van der Waals surface area contributed by atoms with E-state index in [1.54, 1.807) is 0 Å². The summed E-state index contributed by atoms with van der Waals surface area (Å²) in [6, 6.07) is 13.3. The minimum Gasteiger partial charge on any atom is -0.197 e. The first-order valence-electron chi connectivity index (χ1n) is 10.4. The molecule has 2 heteroatoms. The van der Waals surface area contributed by atoms with Gasteiger partial charge in [0.25, 0.3) is 0 Å². The third-order valence-electron chi connectivity index (χ3n) is 5.97. The van der Waals surface area contributed by atoms with Gasteiger partial charge in [0, 0.05) is 34.4 Å². The third kappa shape index (κ3) is 4.61. The first kappa shape index (κ1) is 21.4. The molecule has 2 aromatic heterocycles. The smallest absolute Gasteiger partial charge is 0.194 e. The largest absolute Gasteiger partial charge is 0.197 e. The zero-order valence-electron chi connectivity index (χ0n) is 18.4. The molecule has 0 aliphatic heterocycles. The van der Waals surface area contributed by atoms with Crippen LogP contribution in [0.2, 0.25) is 0 Å². The van der Waals surface area contributed by atoms with Gasteiger partial charge in [0.05, 0.1) is 12.8 Å². The highest BCUT2D eigenvalue weighted by Gasteiger charge is 2.24. The first-order valence-corrected chi connectivity index (χ1v) is 10.4. The van der Waals surface area contributed by atoms with Crippen molar-refractivity contribution in [1.29, 1.82) is 0 Å². The normalized spacial score (nSPS) is 12.6. The Morgan fingerprint density at radius 3 is 1.30 bits per heavy atom. The highest BCUT2D eigenvalue weighted by Crippen LogP contribution is 2.22. The van der Waals surface area contributed by atoms with E-state index in [9.17, 15) is 0 Å². The third-order valence-corrected chi connectivity index (χ3v) is 5.97. The standard InChI is InChI=1S/C28H30N2/c1-7-9-27(29-17-15-21(3)23(5)19-29)25-11-13-26(14-12-25)28(10-8-2)30-18-16-22(4)24(6)20-30/h1-2,11-20,27-28H,9-10H2,3-6H3/q+2. The molecule has 0 amide bonds. The fraction of sp³-hybridized carbons (Fsp3) is 0.286. The lowest BCUT2D eigenvalue weighted by molar-refractivity contribution is -0.714. The topological polar surface area (TPSA) is 7.76 Å². The van der Waals surface area contributed by atoms with E-state index in [0.29, 0.717) is 12.8 Å². The predicted octanol–water partition coefficient (Wildman–Crippen LogP) is 4.72. The maximum Gasteiger partial charge on any atom is 0.194 e. The molecule has 0 aliphatic rings. The van der Waals surface area contributed by atoms with E-state index in [2.05, 4.69) is 110 Å². The van der Waals surface area contributed by atoms with Crippen LogP contribution in [0.3, 0.4) is 0 Å². The molecule has 0 aliphatic carbocycles. The van der Waals surface area contributed by atoms with Crippen molar-refractivity contribution < 1.29 is 9.13 Å². The monoisotopic (exact) mass is 394 g/mol. The molecule has 2 atom stereocenters. The molecule has 0 N–H and O–H groups in total. The molecular formula is C28H30N2+2. The number of aromatic nitrogens is 2. The van der Waals surface area contributed by atoms with Gasteiger partial charge in [0.15, 0.2) is 36.9 Å². The Hall–Kier alpha value is -3.36. The van der Waals surface area contributed by atoms with Crippen LogP contribution in [-0.2, 0) is 0 Å². The van der Waals surface area contributed by atoms with Gasteiger partial charge < -0.3 is 0 Å². The van der Waals surface area contributed by atoms with Gasteiger partial charge in [-0.15, -0.1) is 12.8 Å². The molecule has 150 valence electrons. The van der Waals surface area contributed by atoms with Crippen molar-refractivity contribution in [2.24, 2.45) is 0 Å². The number of benzene rings is 1. The summed E-state index contributed by atoms with van der Waals surface area (Å²) in [5.74, 6) is 5.68. The summed E-state index contributed by atoms with van der Waals surface area (Å²) < 4.78 is 4.43. The fourth-order valence-electron chi connectivity index (χ4n) is 3.74. The van der Waals surface area contributed by atoms with Crippen LogP contribution in [0.4, 0.5) is 0 Å². The average Bonchev–Trinajstić information content (AvgIpc) is 2.75. The molecule has 2 heterocycles. The van der Waals surface area contributed by atoms with Crippen molar-refractivity contribution >= 4 is 0 Å². The van der Waals surface area contributed by atoms with Crippen LogP contribution in [-0.4, -0.2) is 0 Å². The van der Waals surface area contributed by atoms with Crippen LogP contribution in [0.15, 0.2) is 61.2 Å². The van der Waals surface area contributed by atoms with Crippen LogP contribution in [0, 0.1) is 52.4 Å². The summed E-state index contributed by atoms with van der Waals surface area (Å²) in [7, 11) is 0. The summed E-state index contributed by atoms with van der Waals surface area (Å²) in [6.07, 6.45) is 21.3. The first-order chi connectivity index (χ1) is 14.4. The number of nitrogens with zero attached hydrogens (tertiary/aromatic N) is 2. The molecule has 3 aromatic rings. The van der Waals surface area contributed by atoms with Gasteiger partial charge in [-0.25, -0.2) is 0 Å². The average molecular weight is 395 g/mol. The number of terminal acetylenes is 2. The Labute approximate surface area is 181 Å². The maximum absolute atomic E-state index is 5.70. The van der Waals surface area contributed by atoms with E-state index in [-0.39, 0.29) is 12.1 Å². The van der Waals surface area contributed by atoms with Gasteiger partial charge in [0.2, 0.25) is 0 Å². The summed E-state index contributed by atoms with van der Waals surface area (Å²) in [4.78, 5) is 0. The maximum atomic E-state index is 5.70. The zero-order valence-corrected chi connectivity index (χ0v) is 18.4. The second-order valence-corrected chi connectivity index (χ2v) is 8.03. The van der Waals surface area contributed by atoms with E-state index >= 15 is 0 Å². The lowest BCUT2D eigenvalue weighted by Gasteiger charge is -2.15. The Morgan fingerprint density at radius 2 is 1.00 bits per heavy atom. The van der Waals surface area contributed by atoms with Crippen LogP contribution in [0.25, 0.3) is 0 Å². The summed E-state index contributed by atoms with van der Waals surface area (Å²) in [5, 5.41) is 0. The van der Waals surface area contributed by atoms with Gasteiger partial charge in [-0.2, -0.15) is 9.13 Å². The lowest BCUT2D eigenvalue weighted by Crippen LogP contribution is -2.40. The predicted molar refractivity (Wildman–Crippen MR) is 122 cm³/mol. The van der Waals surface area contributed by atoms with Crippen molar-refractivity contribution in [2.45, 2.75) is 52.6 Å². The van der Waals surface area contributed by atoms with Crippen LogP contribution in [0.1, 0.15) is 58.3 Å². The molecule has 30 heavy (non-hydrogen) atoms. The number of rotatable bonds is 6. The highest BCUT2D eigenvalue weighted by atomic mass is 15.0. The Morgan fingerprint density at radius 1 is 0.633 bits per heavy atom. The van der Waals surface area contributed by atoms with Crippen LogP contribution >= 0.6 is 0 Å². The molecule has 0 saturated carbocycles. The van der Waals surface area contributed by atoms with E-state index < -0.39 is 0 Å². The summed E-state index contributed by atoms with van der Waals surface area (Å²) in [6.45, 7) is 8.52. The van der Waals surface area contributed by atoms with Crippen LogP contribution < -0.4 is 9.13 Å². The van der Waals surface area contributed by atoms with Crippen molar-refractivity contribution in [2.75, 3.05) is 0 Å². The number of pyridine rings is 2. The molecule has 0 bridgehead atoms. The molecule has 1 aromatic carbocycles. The van der Waals surface area contributed by atoms with Gasteiger partial charge in [-0.05, 0) is 38.8 Å². The Bertz CT molecular complexity index is 1020. The van der Waals surface area contributed by atoms with Crippen molar-refractivity contribution in [3.63, 3.8) is 0 Å². The van der Waals surface area contributed by atoms with E-state index in [1.165, 1.54) is 33.4 Å². The molecule has 3 rings (SSSR count). The molecule has 0 saturated heterocycles. The summed E-state index contributed by atoms with van der Waals surface area (Å²) >= 11 is 0. The number of hydrogen-bond donors (Lipinski definition) is 0. The lowest BCUT2D eigenvalue weighted by atomic mass is 9.97. The highest BCUT2D eigenvalue weighted by molar-refractivity contribution is 5.27. The fourth-order valence-corrected chi connectivity index (χ4v) is 3.74. The van der Waals surface area contributed by atoms with E-state index in [0.717, 1.165) is 0 Å². The Balaban J connectivity index is 1.95. The van der Waals surface area contributed by atoms with Crippen LogP contribution in [0.5, 0.6) is 0 Å². The number of aryl methyl sites for hydroxylation is 4. The quantitative estimate of drug-likeness (QED) is 0.422. The van der Waals surface area contributed by atoms with Gasteiger partial charge in [-0.3, -0.25) is 0 Å². The SMILES string of the molecule is C#CCC(c1ccc(C(CC#C)[n+]2ccc(C)c(C)c2)cc1)[n+]1ccc(C)c(C)c1. The zero-order chi connectivity index (χ0) is 21.7. The van der Waals surface area contributed by atoms with Gasteiger partial charge >= 0.3 is 0 Å². The minimum absolute atomic E-state index is 0.115. The minimum atomic E-state index is 0.115. The molecule has 0 spiro atoms. The second kappa shape index (κ2) is 9.43. The van der Waals surface area contributed by atoms with Gasteiger partial charge in [-0.1, -0.05) is 36.1 Å². The molecule has 2 nitrogen and oxygen atoms in total. The van der Waals surface area contributed by atoms with E-state index in [1.807, 2.05) is 0 Å². The Kier molecular flexibility index (Phi) is 6.71. The molecule has 0 radical (unpaired) electrons. The van der Waals surface area contributed by atoms with Crippen molar-refractivity contribution in [3.05, 3.63) is 94.6 Å². The van der Waals surface area contributed by atoms with E-state index in [4.69, 9.17) is 12.8 Å². The molecule has 0 fully saturated rings.